The molecule has 42 heavy (non-hydrogen) atoms. The quantitative estimate of drug-likeness (QED) is 0.233. The first-order valence-electron chi connectivity index (χ1n) is 13.3. The van der Waals surface area contributed by atoms with Gasteiger partial charge in [-0.25, -0.2) is 8.42 Å². The summed E-state index contributed by atoms with van der Waals surface area (Å²) in [5.41, 5.74) is 0.707. The van der Waals surface area contributed by atoms with Crippen LogP contribution in [-0.4, -0.2) is 58.5 Å². The molecule has 0 saturated carbocycles. The molecule has 3 rings (SSSR count). The summed E-state index contributed by atoms with van der Waals surface area (Å²) in [6.07, 6.45) is 1.66. The van der Waals surface area contributed by atoms with E-state index < -0.39 is 28.5 Å². The van der Waals surface area contributed by atoms with Crippen LogP contribution in [0.2, 0.25) is 10.0 Å². The van der Waals surface area contributed by atoms with Gasteiger partial charge in [-0.3, -0.25) is 13.9 Å². The normalized spacial score (nSPS) is 11.9. The zero-order valence-corrected chi connectivity index (χ0v) is 26.3. The van der Waals surface area contributed by atoms with Crippen molar-refractivity contribution < 1.29 is 27.5 Å². The number of carbonyl (C=O) groups is 2. The number of rotatable bonds is 14. The molecule has 12 heteroatoms. The Hall–Kier alpha value is -3.47. The van der Waals surface area contributed by atoms with Crippen molar-refractivity contribution in [1.29, 1.82) is 0 Å². The number of nitrogens with one attached hydrogen (secondary N) is 1. The highest BCUT2D eigenvalue weighted by Crippen LogP contribution is 2.33. The summed E-state index contributed by atoms with van der Waals surface area (Å²) in [4.78, 5) is 28.4. The lowest BCUT2D eigenvalue weighted by Crippen LogP contribution is -2.51. The molecule has 0 fully saturated rings. The van der Waals surface area contributed by atoms with E-state index in [4.69, 9.17) is 32.7 Å². The van der Waals surface area contributed by atoms with Crippen LogP contribution in [0, 0.1) is 0 Å². The molecule has 0 saturated heterocycles. The first-order chi connectivity index (χ1) is 20.0. The molecule has 2 amide bonds. The third-order valence-electron chi connectivity index (χ3n) is 6.63. The summed E-state index contributed by atoms with van der Waals surface area (Å²) in [6.45, 7) is 3.37. The van der Waals surface area contributed by atoms with Gasteiger partial charge in [0, 0.05) is 23.1 Å². The summed E-state index contributed by atoms with van der Waals surface area (Å²) >= 11 is 12.5. The molecule has 1 N–H and O–H groups in total. The fraction of sp³-hybridized carbons (Fsp3) is 0.333. The highest BCUT2D eigenvalue weighted by molar-refractivity contribution is 7.92. The van der Waals surface area contributed by atoms with E-state index in [1.165, 1.54) is 43.4 Å². The minimum absolute atomic E-state index is 0.0559. The molecule has 1 atom stereocenters. The number of amides is 2. The van der Waals surface area contributed by atoms with Crippen LogP contribution in [0.3, 0.4) is 0 Å². The van der Waals surface area contributed by atoms with Gasteiger partial charge in [-0.05, 0) is 67.4 Å². The molecular formula is C30H35Cl2N3O6S. The van der Waals surface area contributed by atoms with Crippen molar-refractivity contribution in [3.8, 4) is 11.5 Å². The number of sulfonamides is 1. The Morgan fingerprint density at radius 2 is 1.67 bits per heavy atom. The zero-order chi connectivity index (χ0) is 30.9. The molecule has 0 aliphatic rings. The lowest BCUT2D eigenvalue weighted by Gasteiger charge is -2.32. The molecule has 1 unspecified atom stereocenters. The molecule has 0 spiro atoms. The Morgan fingerprint density at radius 3 is 2.29 bits per heavy atom. The minimum Gasteiger partial charge on any atom is -0.497 e. The average Bonchev–Trinajstić information content (AvgIpc) is 2.99. The second kappa shape index (κ2) is 15.1. The van der Waals surface area contributed by atoms with Crippen molar-refractivity contribution in [3.63, 3.8) is 0 Å². The number of halogens is 2. The van der Waals surface area contributed by atoms with Gasteiger partial charge >= 0.3 is 0 Å². The molecule has 0 heterocycles. The van der Waals surface area contributed by atoms with E-state index in [1.54, 1.807) is 49.4 Å². The number of benzene rings is 3. The van der Waals surface area contributed by atoms with E-state index in [0.29, 0.717) is 27.9 Å². The SMILES string of the molecule is CCCCNC(=O)C(C)N(Cc1ccc(Cl)cc1Cl)C(=O)CN(c1ccccc1OC)S(=O)(=O)c1ccc(OC)cc1. The Morgan fingerprint density at radius 1 is 0.976 bits per heavy atom. The van der Waals surface area contributed by atoms with Crippen molar-refractivity contribution in [1.82, 2.24) is 10.2 Å². The topological polar surface area (TPSA) is 105 Å². The summed E-state index contributed by atoms with van der Waals surface area (Å²) in [6, 6.07) is 16.2. The van der Waals surface area contributed by atoms with Crippen molar-refractivity contribution in [2.45, 2.75) is 44.2 Å². The lowest BCUT2D eigenvalue weighted by molar-refractivity contribution is -0.139. The van der Waals surface area contributed by atoms with Gasteiger partial charge in [0.1, 0.15) is 24.1 Å². The smallest absolute Gasteiger partial charge is 0.264 e. The van der Waals surface area contributed by atoms with Gasteiger partial charge in [0.25, 0.3) is 10.0 Å². The highest BCUT2D eigenvalue weighted by atomic mass is 35.5. The lowest BCUT2D eigenvalue weighted by atomic mass is 10.1. The number of carbonyl (C=O) groups excluding carboxylic acids is 2. The van der Waals surface area contributed by atoms with Crippen LogP contribution in [0.15, 0.2) is 71.6 Å². The molecule has 226 valence electrons. The number of hydrogen-bond donors (Lipinski definition) is 1. The van der Waals surface area contributed by atoms with Crippen molar-refractivity contribution in [2.75, 3.05) is 31.6 Å². The van der Waals surface area contributed by atoms with Crippen molar-refractivity contribution in [2.24, 2.45) is 0 Å². The van der Waals surface area contributed by atoms with E-state index in [-0.39, 0.29) is 28.8 Å². The number of para-hydroxylation sites is 2. The number of methoxy groups -OCH3 is 2. The van der Waals surface area contributed by atoms with Gasteiger partial charge in [0.2, 0.25) is 11.8 Å². The standard InChI is InChI=1S/C30H35Cl2N3O6S/c1-5-6-17-33-30(37)21(2)34(19-22-11-12-23(31)18-26(22)32)29(36)20-35(27-9-7-8-10-28(27)41-4)42(38,39)25-15-13-24(40-3)14-16-25/h7-16,18,21H,5-6,17,19-20H2,1-4H3,(H,33,37). The summed E-state index contributed by atoms with van der Waals surface area (Å²) in [7, 11) is -1.39. The molecule has 0 radical (unpaired) electrons. The molecule has 9 nitrogen and oxygen atoms in total. The molecule has 0 bridgehead atoms. The van der Waals surface area contributed by atoms with Gasteiger partial charge in [0.15, 0.2) is 0 Å². The number of ether oxygens (including phenoxy) is 2. The molecule has 0 aromatic heterocycles. The minimum atomic E-state index is -4.28. The number of hydrogen-bond acceptors (Lipinski definition) is 6. The van der Waals surface area contributed by atoms with Crippen LogP contribution in [0.1, 0.15) is 32.3 Å². The van der Waals surface area contributed by atoms with Crippen LogP contribution in [-0.2, 0) is 26.2 Å². The molecule has 0 aliphatic heterocycles. The van der Waals surface area contributed by atoms with E-state index in [0.717, 1.165) is 17.1 Å². The number of unbranched alkanes of at least 4 members (excludes halogenated alkanes) is 1. The first kappa shape index (κ1) is 33.0. The Balaban J connectivity index is 2.06. The molecule has 3 aromatic carbocycles. The first-order valence-corrected chi connectivity index (χ1v) is 15.5. The maximum atomic E-state index is 14.1. The maximum absolute atomic E-state index is 14.1. The largest absolute Gasteiger partial charge is 0.497 e. The van der Waals surface area contributed by atoms with Gasteiger partial charge < -0.3 is 19.7 Å². The Labute approximate surface area is 257 Å². The fourth-order valence-electron chi connectivity index (χ4n) is 4.18. The van der Waals surface area contributed by atoms with E-state index in [9.17, 15) is 18.0 Å². The maximum Gasteiger partial charge on any atom is 0.264 e. The second-order valence-electron chi connectivity index (χ2n) is 9.44. The second-order valence-corrected chi connectivity index (χ2v) is 12.1. The van der Waals surface area contributed by atoms with Crippen LogP contribution >= 0.6 is 23.2 Å². The predicted molar refractivity (Wildman–Crippen MR) is 165 cm³/mol. The van der Waals surface area contributed by atoms with Gasteiger partial charge in [-0.1, -0.05) is 54.7 Å². The molecular weight excluding hydrogens is 601 g/mol. The highest BCUT2D eigenvalue weighted by Gasteiger charge is 2.34. The van der Waals surface area contributed by atoms with Crippen LogP contribution in [0.4, 0.5) is 5.69 Å². The molecule has 3 aromatic rings. The van der Waals surface area contributed by atoms with Gasteiger partial charge in [-0.15, -0.1) is 0 Å². The average molecular weight is 637 g/mol. The van der Waals surface area contributed by atoms with Crippen molar-refractivity contribution >= 4 is 50.7 Å². The Kier molecular flexibility index (Phi) is 11.9. The van der Waals surface area contributed by atoms with Gasteiger partial charge in [0.05, 0.1) is 24.8 Å². The third-order valence-corrected chi connectivity index (χ3v) is 8.99. The monoisotopic (exact) mass is 635 g/mol. The third kappa shape index (κ3) is 8.08. The Bertz CT molecular complexity index is 1480. The van der Waals surface area contributed by atoms with E-state index in [1.807, 2.05) is 6.92 Å². The van der Waals surface area contributed by atoms with E-state index in [2.05, 4.69) is 5.32 Å². The number of anilines is 1. The molecule has 0 aliphatic carbocycles. The fourth-order valence-corrected chi connectivity index (χ4v) is 6.07. The van der Waals surface area contributed by atoms with Crippen LogP contribution in [0.25, 0.3) is 0 Å². The van der Waals surface area contributed by atoms with E-state index >= 15 is 0 Å². The van der Waals surface area contributed by atoms with Crippen LogP contribution in [0.5, 0.6) is 11.5 Å². The van der Waals surface area contributed by atoms with Crippen LogP contribution < -0.4 is 19.1 Å². The van der Waals surface area contributed by atoms with Gasteiger partial charge in [-0.2, -0.15) is 0 Å². The summed E-state index contributed by atoms with van der Waals surface area (Å²) < 4.78 is 39.7. The summed E-state index contributed by atoms with van der Waals surface area (Å²) in [5, 5.41) is 3.58. The summed E-state index contributed by atoms with van der Waals surface area (Å²) in [5.74, 6) is -0.270. The number of nitrogens with zero attached hydrogens (tertiary/aromatic N) is 2. The zero-order valence-electron chi connectivity index (χ0n) is 24.0. The predicted octanol–water partition coefficient (Wildman–Crippen LogP) is 5.54. The van der Waals surface area contributed by atoms with Crippen molar-refractivity contribution in [3.05, 3.63) is 82.3 Å².